The zero-order valence-corrected chi connectivity index (χ0v) is 17.7. The van der Waals surface area contributed by atoms with E-state index in [4.69, 9.17) is 12.2 Å². The lowest BCUT2D eigenvalue weighted by atomic mass is 10.0. The zero-order valence-electron chi connectivity index (χ0n) is 17.7. The van der Waals surface area contributed by atoms with Crippen LogP contribution in [0.5, 0.6) is 0 Å². The second kappa shape index (κ2) is 7.57. The van der Waals surface area contributed by atoms with Gasteiger partial charge in [-0.25, -0.2) is 19.0 Å². The van der Waals surface area contributed by atoms with E-state index >= 15 is 0 Å². The van der Waals surface area contributed by atoms with Crippen molar-refractivity contribution in [1.29, 1.82) is 0 Å². The van der Waals surface area contributed by atoms with E-state index in [1.165, 1.54) is 18.5 Å². The van der Waals surface area contributed by atoms with E-state index in [2.05, 4.69) is 37.4 Å². The van der Waals surface area contributed by atoms with Crippen molar-refractivity contribution in [3.63, 3.8) is 0 Å². The minimum absolute atomic E-state index is 0.0102. The van der Waals surface area contributed by atoms with Crippen LogP contribution in [0.3, 0.4) is 0 Å². The first-order chi connectivity index (χ1) is 15.4. The highest BCUT2D eigenvalue weighted by Gasteiger charge is 2.27. The molecule has 1 aliphatic rings. The van der Waals surface area contributed by atoms with Gasteiger partial charge < -0.3 is 5.73 Å². The number of hydrogen-bond acceptors (Lipinski definition) is 6. The van der Waals surface area contributed by atoms with E-state index in [1.807, 2.05) is 30.8 Å². The molecule has 32 heavy (non-hydrogen) atoms. The molecule has 1 aromatic carbocycles. The molecule has 1 aliphatic carbocycles. The van der Waals surface area contributed by atoms with Crippen molar-refractivity contribution >= 4 is 5.82 Å². The molecule has 0 bridgehead atoms. The van der Waals surface area contributed by atoms with Gasteiger partial charge in [0.15, 0.2) is 17.5 Å². The van der Waals surface area contributed by atoms with E-state index in [1.54, 1.807) is 16.9 Å². The number of aromatic nitrogens is 7. The van der Waals surface area contributed by atoms with E-state index in [0.29, 0.717) is 23.6 Å². The van der Waals surface area contributed by atoms with Gasteiger partial charge in [0.1, 0.15) is 11.4 Å². The Hall–Kier alpha value is -4.06. The highest BCUT2D eigenvalue weighted by atomic mass is 19.1. The van der Waals surface area contributed by atoms with Crippen molar-refractivity contribution < 1.29 is 4.39 Å². The number of nitrogens with two attached hydrogens (primary N) is 1. The van der Waals surface area contributed by atoms with Crippen molar-refractivity contribution in [3.05, 3.63) is 58.8 Å². The topological polar surface area (TPSA) is 100 Å². The number of benzene rings is 1. The van der Waals surface area contributed by atoms with Gasteiger partial charge in [-0.05, 0) is 37.5 Å². The molecule has 9 heteroatoms. The highest BCUT2D eigenvalue weighted by molar-refractivity contribution is 5.69. The third kappa shape index (κ3) is 3.50. The molecule has 8 nitrogen and oxygen atoms in total. The molecule has 0 amide bonds. The number of aryl methyl sites for hydroxylation is 1. The molecule has 0 saturated heterocycles. The first-order valence-corrected chi connectivity index (χ1v) is 10.3. The van der Waals surface area contributed by atoms with Crippen LogP contribution < -0.4 is 5.73 Å². The third-order valence-corrected chi connectivity index (χ3v) is 5.67. The number of rotatable bonds is 5. The molecule has 160 valence electrons. The predicted octanol–water partition coefficient (Wildman–Crippen LogP) is 3.07. The molecule has 2 N–H and O–H groups in total. The van der Waals surface area contributed by atoms with Crippen LogP contribution in [0.4, 0.5) is 10.2 Å². The second-order valence-electron chi connectivity index (χ2n) is 7.98. The fourth-order valence-electron chi connectivity index (χ4n) is 3.82. The van der Waals surface area contributed by atoms with Crippen LogP contribution in [-0.4, -0.2) is 34.7 Å². The molecule has 4 aromatic rings. The van der Waals surface area contributed by atoms with Crippen molar-refractivity contribution in [2.75, 3.05) is 5.73 Å². The molecule has 0 spiro atoms. The van der Waals surface area contributed by atoms with E-state index in [9.17, 15) is 4.39 Å². The monoisotopic (exact) mass is 428 g/mol. The molecule has 3 heterocycles. The average molecular weight is 428 g/mol. The molecule has 5 rings (SSSR count). The summed E-state index contributed by atoms with van der Waals surface area (Å²) in [6, 6.07) is 7.53. The molecule has 1 fully saturated rings. The Morgan fingerprint density at radius 2 is 2.09 bits per heavy atom. The number of anilines is 1. The summed E-state index contributed by atoms with van der Waals surface area (Å²) in [5, 5.41) is 12.8. The lowest BCUT2D eigenvalue weighted by molar-refractivity contribution is 0.619. The minimum atomic E-state index is -0.736. The van der Waals surface area contributed by atoms with E-state index < -0.39 is 5.82 Å². The molecular formula is C23H21FN8. The van der Waals surface area contributed by atoms with Crippen LogP contribution in [-0.2, 0) is 13.6 Å². The lowest BCUT2D eigenvalue weighted by Crippen LogP contribution is -2.04. The maximum Gasteiger partial charge on any atom is 0.193 e. The standard InChI is InChI=1S/C23H21FN8/c1-4-14-6-5-7-17(13(14)2)23-26-21(20(24)22(25)27-23)18-12-32(30-28-18)11-16-10-19(15-8-9-15)31(3)29-16/h1,5-7,10,12,15H,8-9,11H2,2-3H3,(H2,25,26,27). The van der Waals surface area contributed by atoms with Gasteiger partial charge in [-0.2, -0.15) is 5.10 Å². The number of hydrogen-bond donors (Lipinski definition) is 1. The van der Waals surface area contributed by atoms with Gasteiger partial charge in [0.2, 0.25) is 0 Å². The van der Waals surface area contributed by atoms with Gasteiger partial charge >= 0.3 is 0 Å². The number of halogens is 1. The Morgan fingerprint density at radius 3 is 2.84 bits per heavy atom. The summed E-state index contributed by atoms with van der Waals surface area (Å²) < 4.78 is 18.4. The summed E-state index contributed by atoms with van der Waals surface area (Å²) >= 11 is 0. The number of terminal acetylenes is 1. The van der Waals surface area contributed by atoms with Gasteiger partial charge in [-0.1, -0.05) is 23.3 Å². The molecule has 0 atom stereocenters. The lowest BCUT2D eigenvalue weighted by Gasteiger charge is -2.09. The third-order valence-electron chi connectivity index (χ3n) is 5.67. The quantitative estimate of drug-likeness (QED) is 0.491. The SMILES string of the molecule is C#Cc1cccc(-c2nc(N)c(F)c(-c3cn(Cc4cc(C5CC5)n(C)n4)nn3)n2)c1C. The Kier molecular flexibility index (Phi) is 4.70. The Balaban J connectivity index is 1.48. The van der Waals surface area contributed by atoms with Gasteiger partial charge in [0.25, 0.3) is 0 Å². The normalized spacial score (nSPS) is 13.3. The van der Waals surface area contributed by atoms with E-state index in [-0.39, 0.29) is 23.0 Å². The Morgan fingerprint density at radius 1 is 1.28 bits per heavy atom. The van der Waals surface area contributed by atoms with Crippen LogP contribution in [0.15, 0.2) is 30.5 Å². The van der Waals surface area contributed by atoms with Gasteiger partial charge in [0.05, 0.1) is 18.4 Å². The van der Waals surface area contributed by atoms with Gasteiger partial charge in [0, 0.05) is 29.8 Å². The zero-order chi connectivity index (χ0) is 22.4. The minimum Gasteiger partial charge on any atom is -0.381 e. The van der Waals surface area contributed by atoms with Crippen LogP contribution in [0.2, 0.25) is 0 Å². The largest absolute Gasteiger partial charge is 0.381 e. The number of nitrogens with zero attached hydrogens (tertiary/aromatic N) is 7. The van der Waals surface area contributed by atoms with Crippen LogP contribution in [0, 0.1) is 25.1 Å². The second-order valence-corrected chi connectivity index (χ2v) is 7.98. The van der Waals surface area contributed by atoms with Crippen LogP contribution >= 0.6 is 0 Å². The predicted molar refractivity (Wildman–Crippen MR) is 118 cm³/mol. The maximum absolute atomic E-state index is 14.8. The maximum atomic E-state index is 14.8. The summed E-state index contributed by atoms with van der Waals surface area (Å²) in [5.74, 6) is 2.51. The highest BCUT2D eigenvalue weighted by Crippen LogP contribution is 2.40. The summed E-state index contributed by atoms with van der Waals surface area (Å²) in [6.07, 6.45) is 9.60. The fourth-order valence-corrected chi connectivity index (χ4v) is 3.82. The summed E-state index contributed by atoms with van der Waals surface area (Å²) in [4.78, 5) is 8.54. The average Bonchev–Trinajstić information content (AvgIpc) is 3.41. The van der Waals surface area contributed by atoms with Crippen molar-refractivity contribution in [3.8, 4) is 35.1 Å². The fraction of sp³-hybridized carbons (Fsp3) is 0.261. The molecule has 0 aliphatic heterocycles. The first kappa shape index (κ1) is 19.9. The molecule has 3 aromatic heterocycles. The van der Waals surface area contributed by atoms with Crippen LogP contribution in [0.1, 0.15) is 41.3 Å². The molecule has 1 saturated carbocycles. The Bertz CT molecular complexity index is 1370. The van der Waals surface area contributed by atoms with Crippen LogP contribution in [0.25, 0.3) is 22.8 Å². The Labute approximate surface area is 184 Å². The number of nitrogen functional groups attached to an aromatic ring is 1. The van der Waals surface area contributed by atoms with Crippen molar-refractivity contribution in [1.82, 2.24) is 34.7 Å². The molecule has 0 radical (unpaired) electrons. The molecular weight excluding hydrogens is 407 g/mol. The summed E-state index contributed by atoms with van der Waals surface area (Å²) in [7, 11) is 1.95. The summed E-state index contributed by atoms with van der Waals surface area (Å²) in [6.45, 7) is 2.29. The van der Waals surface area contributed by atoms with E-state index in [0.717, 1.165) is 11.3 Å². The van der Waals surface area contributed by atoms with Crippen molar-refractivity contribution in [2.24, 2.45) is 7.05 Å². The first-order valence-electron chi connectivity index (χ1n) is 10.3. The molecule has 0 unspecified atom stereocenters. The van der Waals surface area contributed by atoms with Gasteiger partial charge in [-0.15, -0.1) is 11.5 Å². The summed E-state index contributed by atoms with van der Waals surface area (Å²) in [5.41, 5.74) is 10.4. The smallest absolute Gasteiger partial charge is 0.193 e. The van der Waals surface area contributed by atoms with Crippen molar-refractivity contribution in [2.45, 2.75) is 32.2 Å². The van der Waals surface area contributed by atoms with Gasteiger partial charge in [-0.3, -0.25) is 4.68 Å².